The van der Waals surface area contributed by atoms with Crippen LogP contribution in [0.15, 0.2) is 54.6 Å². The van der Waals surface area contributed by atoms with Crippen LogP contribution in [0.25, 0.3) is 0 Å². The summed E-state index contributed by atoms with van der Waals surface area (Å²) in [4.78, 5) is 23.7. The number of carbonyl (C=O) groups excluding carboxylic acids is 2. The Morgan fingerprint density at radius 3 is 2.04 bits per heavy atom. The number of anilines is 1. The predicted octanol–water partition coefficient (Wildman–Crippen LogP) is 2.67. The molecule has 0 aliphatic rings. The second-order valence-electron chi connectivity index (χ2n) is 5.85. The van der Waals surface area contributed by atoms with E-state index in [1.54, 1.807) is 30.3 Å². The lowest BCUT2D eigenvalue weighted by atomic mass is 9.96. The Bertz CT molecular complexity index is 773. The maximum atomic E-state index is 12.5. The van der Waals surface area contributed by atoms with Crippen LogP contribution in [0.4, 0.5) is 18.9 Å². The molecule has 1 unspecified atom stereocenters. The standard InChI is InChI=1S/C18H17F3N2O3/c1-17(26,12-5-3-2-4-6-12)11-22-15(24)16(25)23-14-9-7-13(8-10-14)18(19,20)21/h2-10,26H,11H2,1H3,(H,22,24)(H,23,25). The van der Waals surface area contributed by atoms with Gasteiger partial charge in [-0.25, -0.2) is 0 Å². The molecule has 0 fully saturated rings. The van der Waals surface area contributed by atoms with Crippen LogP contribution in [-0.4, -0.2) is 23.5 Å². The monoisotopic (exact) mass is 366 g/mol. The Balaban J connectivity index is 1.92. The van der Waals surface area contributed by atoms with Gasteiger partial charge in [0.15, 0.2) is 0 Å². The van der Waals surface area contributed by atoms with Crippen molar-refractivity contribution < 1.29 is 27.9 Å². The Kier molecular flexibility index (Phi) is 5.66. The van der Waals surface area contributed by atoms with Gasteiger partial charge in [0, 0.05) is 5.69 Å². The molecule has 0 saturated carbocycles. The smallest absolute Gasteiger partial charge is 0.384 e. The average molecular weight is 366 g/mol. The van der Waals surface area contributed by atoms with Crippen LogP contribution in [0.1, 0.15) is 18.1 Å². The summed E-state index contributed by atoms with van der Waals surface area (Å²) in [6.45, 7) is 1.27. The Labute approximate surface area is 147 Å². The molecule has 138 valence electrons. The normalized spacial score (nSPS) is 13.6. The molecular weight excluding hydrogens is 349 g/mol. The number of alkyl halides is 3. The Morgan fingerprint density at radius 1 is 0.923 bits per heavy atom. The second-order valence-corrected chi connectivity index (χ2v) is 5.85. The van der Waals surface area contributed by atoms with Crippen LogP contribution in [0, 0.1) is 0 Å². The van der Waals surface area contributed by atoms with Crippen molar-refractivity contribution in [2.45, 2.75) is 18.7 Å². The van der Waals surface area contributed by atoms with Gasteiger partial charge in [-0.2, -0.15) is 13.2 Å². The molecule has 0 saturated heterocycles. The third-order valence-electron chi connectivity index (χ3n) is 3.67. The summed E-state index contributed by atoms with van der Waals surface area (Å²) in [7, 11) is 0. The quantitative estimate of drug-likeness (QED) is 0.728. The van der Waals surface area contributed by atoms with E-state index in [2.05, 4.69) is 10.6 Å². The van der Waals surface area contributed by atoms with Gasteiger partial charge in [-0.1, -0.05) is 30.3 Å². The minimum Gasteiger partial charge on any atom is -0.384 e. The summed E-state index contributed by atoms with van der Waals surface area (Å²) >= 11 is 0. The molecule has 0 spiro atoms. The maximum absolute atomic E-state index is 12.5. The highest BCUT2D eigenvalue weighted by atomic mass is 19.4. The highest BCUT2D eigenvalue weighted by Crippen LogP contribution is 2.29. The van der Waals surface area contributed by atoms with E-state index in [0.29, 0.717) is 5.56 Å². The summed E-state index contributed by atoms with van der Waals surface area (Å²) < 4.78 is 37.5. The summed E-state index contributed by atoms with van der Waals surface area (Å²) in [5, 5.41) is 14.9. The van der Waals surface area contributed by atoms with Gasteiger partial charge in [0.25, 0.3) is 0 Å². The SMILES string of the molecule is CC(O)(CNC(=O)C(=O)Nc1ccc(C(F)(F)F)cc1)c1ccccc1. The molecule has 1 atom stereocenters. The fourth-order valence-corrected chi connectivity index (χ4v) is 2.16. The lowest BCUT2D eigenvalue weighted by molar-refractivity contribution is -0.137. The zero-order chi connectivity index (χ0) is 19.4. The van der Waals surface area contributed by atoms with Crippen LogP contribution in [0.2, 0.25) is 0 Å². The van der Waals surface area contributed by atoms with Crippen molar-refractivity contribution >= 4 is 17.5 Å². The molecule has 2 amide bonds. The molecule has 5 nitrogen and oxygen atoms in total. The van der Waals surface area contributed by atoms with E-state index in [9.17, 15) is 27.9 Å². The van der Waals surface area contributed by atoms with E-state index in [4.69, 9.17) is 0 Å². The first-order valence-electron chi connectivity index (χ1n) is 7.64. The van der Waals surface area contributed by atoms with Crippen molar-refractivity contribution in [3.8, 4) is 0 Å². The van der Waals surface area contributed by atoms with E-state index in [0.717, 1.165) is 24.3 Å². The number of nitrogens with one attached hydrogen (secondary N) is 2. The lowest BCUT2D eigenvalue weighted by Crippen LogP contribution is -2.43. The van der Waals surface area contributed by atoms with Gasteiger partial charge in [-0.3, -0.25) is 9.59 Å². The first-order valence-corrected chi connectivity index (χ1v) is 7.64. The topological polar surface area (TPSA) is 78.4 Å². The van der Waals surface area contributed by atoms with Crippen molar-refractivity contribution in [2.75, 3.05) is 11.9 Å². The molecule has 0 bridgehead atoms. The molecule has 2 aromatic rings. The lowest BCUT2D eigenvalue weighted by Gasteiger charge is -2.24. The number of halogens is 3. The largest absolute Gasteiger partial charge is 0.416 e. The molecular formula is C18H17F3N2O3. The van der Waals surface area contributed by atoms with Gasteiger partial charge < -0.3 is 15.7 Å². The van der Waals surface area contributed by atoms with Gasteiger partial charge in [-0.15, -0.1) is 0 Å². The minimum absolute atomic E-state index is 0.0490. The summed E-state index contributed by atoms with van der Waals surface area (Å²) in [5.41, 5.74) is -1.64. The maximum Gasteiger partial charge on any atom is 0.416 e. The Morgan fingerprint density at radius 2 is 1.50 bits per heavy atom. The summed E-state index contributed by atoms with van der Waals surface area (Å²) in [5.74, 6) is -2.06. The number of benzene rings is 2. The minimum atomic E-state index is -4.48. The van der Waals surface area contributed by atoms with Gasteiger partial charge in [0.1, 0.15) is 5.60 Å². The van der Waals surface area contributed by atoms with Crippen LogP contribution in [-0.2, 0) is 21.4 Å². The van der Waals surface area contributed by atoms with E-state index in [-0.39, 0.29) is 12.2 Å². The molecule has 3 N–H and O–H groups in total. The summed E-state index contributed by atoms with van der Waals surface area (Å²) in [6, 6.07) is 12.3. The summed E-state index contributed by atoms with van der Waals surface area (Å²) in [6.07, 6.45) is -4.48. The number of aliphatic hydroxyl groups is 1. The number of hydrogen-bond acceptors (Lipinski definition) is 3. The first kappa shape index (κ1) is 19.5. The third-order valence-corrected chi connectivity index (χ3v) is 3.67. The highest BCUT2D eigenvalue weighted by molar-refractivity contribution is 6.39. The van der Waals surface area contributed by atoms with E-state index in [1.165, 1.54) is 6.92 Å². The molecule has 0 aliphatic carbocycles. The molecule has 2 aromatic carbocycles. The van der Waals surface area contributed by atoms with E-state index in [1.807, 2.05) is 0 Å². The van der Waals surface area contributed by atoms with Crippen molar-refractivity contribution in [2.24, 2.45) is 0 Å². The van der Waals surface area contributed by atoms with Crippen LogP contribution in [0.5, 0.6) is 0 Å². The molecule has 0 heterocycles. The predicted molar refractivity (Wildman–Crippen MR) is 89.1 cm³/mol. The molecule has 2 rings (SSSR count). The van der Waals surface area contributed by atoms with Crippen LogP contribution < -0.4 is 10.6 Å². The van der Waals surface area contributed by atoms with Crippen LogP contribution in [0.3, 0.4) is 0 Å². The van der Waals surface area contributed by atoms with Gasteiger partial charge in [0.05, 0.1) is 12.1 Å². The van der Waals surface area contributed by atoms with Gasteiger partial charge >= 0.3 is 18.0 Å². The van der Waals surface area contributed by atoms with E-state index < -0.39 is 29.2 Å². The van der Waals surface area contributed by atoms with Crippen molar-refractivity contribution in [3.63, 3.8) is 0 Å². The molecule has 26 heavy (non-hydrogen) atoms. The second kappa shape index (κ2) is 7.57. The fourth-order valence-electron chi connectivity index (χ4n) is 2.16. The number of hydrogen-bond donors (Lipinski definition) is 3. The zero-order valence-electron chi connectivity index (χ0n) is 13.8. The molecule has 0 aliphatic heterocycles. The number of carbonyl (C=O) groups is 2. The number of rotatable bonds is 4. The van der Waals surface area contributed by atoms with E-state index >= 15 is 0 Å². The third kappa shape index (κ3) is 5.06. The molecule has 0 radical (unpaired) electrons. The average Bonchev–Trinajstić information content (AvgIpc) is 2.60. The van der Waals surface area contributed by atoms with Gasteiger partial charge in [0.2, 0.25) is 0 Å². The van der Waals surface area contributed by atoms with Crippen molar-refractivity contribution in [1.29, 1.82) is 0 Å². The van der Waals surface area contributed by atoms with Crippen molar-refractivity contribution in [1.82, 2.24) is 5.32 Å². The zero-order valence-corrected chi connectivity index (χ0v) is 13.8. The molecule has 0 aromatic heterocycles. The van der Waals surface area contributed by atoms with Gasteiger partial charge in [-0.05, 0) is 36.8 Å². The van der Waals surface area contributed by atoms with Crippen LogP contribution >= 0.6 is 0 Å². The Hall–Kier alpha value is -2.87. The first-order chi connectivity index (χ1) is 12.1. The molecule has 8 heteroatoms. The number of amides is 2. The highest BCUT2D eigenvalue weighted by Gasteiger charge is 2.30. The van der Waals surface area contributed by atoms with Crippen molar-refractivity contribution in [3.05, 3.63) is 65.7 Å². The fraction of sp³-hybridized carbons (Fsp3) is 0.222.